The van der Waals surface area contributed by atoms with Crippen molar-refractivity contribution in [3.63, 3.8) is 0 Å². The van der Waals surface area contributed by atoms with Gasteiger partial charge in [0.1, 0.15) is 11.5 Å². The molecule has 0 unspecified atom stereocenters. The van der Waals surface area contributed by atoms with Crippen LogP contribution < -0.4 is 9.47 Å². The number of hydrogen-bond acceptors (Lipinski definition) is 3. The monoisotopic (exact) mass is 450 g/mol. The Kier molecular flexibility index (Phi) is 10.8. The molecule has 1 aliphatic rings. The number of carbonyl (C=O) groups excluding carboxylic acids is 1. The highest BCUT2D eigenvalue weighted by Gasteiger charge is 2.22. The molecule has 0 atom stereocenters. The first-order chi connectivity index (χ1) is 16.2. The van der Waals surface area contributed by atoms with Crippen molar-refractivity contribution >= 4 is 5.97 Å². The maximum absolute atomic E-state index is 12.6. The van der Waals surface area contributed by atoms with Gasteiger partial charge in [-0.25, -0.2) is 4.79 Å². The van der Waals surface area contributed by atoms with E-state index in [1.54, 1.807) is 12.1 Å². The minimum Gasteiger partial charge on any atom is -0.494 e. The van der Waals surface area contributed by atoms with Crippen LogP contribution in [0.25, 0.3) is 0 Å². The van der Waals surface area contributed by atoms with Crippen molar-refractivity contribution in [2.75, 3.05) is 6.61 Å². The summed E-state index contributed by atoms with van der Waals surface area (Å²) in [6.45, 7) is 5.25. The molecule has 0 aliphatic heterocycles. The predicted molar refractivity (Wildman–Crippen MR) is 136 cm³/mol. The maximum Gasteiger partial charge on any atom is 0.343 e. The first-order valence-electron chi connectivity index (χ1n) is 13.2. The molecule has 1 saturated carbocycles. The third kappa shape index (κ3) is 8.53. The number of esters is 1. The molecule has 0 N–H and O–H groups in total. The van der Waals surface area contributed by atoms with E-state index < -0.39 is 0 Å². The lowest BCUT2D eigenvalue weighted by Crippen LogP contribution is -2.13. The van der Waals surface area contributed by atoms with Gasteiger partial charge in [-0.1, -0.05) is 70.9 Å². The zero-order valence-electron chi connectivity index (χ0n) is 20.7. The molecule has 33 heavy (non-hydrogen) atoms. The van der Waals surface area contributed by atoms with Gasteiger partial charge < -0.3 is 9.47 Å². The SMILES string of the molecule is CCCCCCCCOc1ccc(OC(=O)c2ccc(C3CCC(CCC)CC3)cc2)cc1. The molecule has 180 valence electrons. The molecule has 1 aliphatic carbocycles. The van der Waals surface area contributed by atoms with Crippen molar-refractivity contribution < 1.29 is 14.3 Å². The van der Waals surface area contributed by atoms with Crippen molar-refractivity contribution in [2.45, 2.75) is 96.8 Å². The van der Waals surface area contributed by atoms with Gasteiger partial charge in [0.25, 0.3) is 0 Å². The largest absolute Gasteiger partial charge is 0.494 e. The van der Waals surface area contributed by atoms with Crippen molar-refractivity contribution in [1.82, 2.24) is 0 Å². The van der Waals surface area contributed by atoms with Crippen molar-refractivity contribution in [3.8, 4) is 11.5 Å². The fourth-order valence-electron chi connectivity index (χ4n) is 4.93. The Bertz CT molecular complexity index is 801. The van der Waals surface area contributed by atoms with Gasteiger partial charge in [-0.05, 0) is 85.9 Å². The van der Waals surface area contributed by atoms with Crippen LogP contribution in [0.2, 0.25) is 0 Å². The molecule has 3 rings (SSSR count). The fraction of sp³-hybridized carbons (Fsp3) is 0.567. The summed E-state index contributed by atoms with van der Waals surface area (Å²) < 4.78 is 11.4. The zero-order chi connectivity index (χ0) is 23.3. The summed E-state index contributed by atoms with van der Waals surface area (Å²) in [5, 5.41) is 0. The third-order valence-corrected chi connectivity index (χ3v) is 6.96. The quantitative estimate of drug-likeness (QED) is 0.174. The van der Waals surface area contributed by atoms with Gasteiger partial charge in [0.05, 0.1) is 12.2 Å². The Balaban J connectivity index is 1.40. The van der Waals surface area contributed by atoms with Crippen LogP contribution in [0, 0.1) is 5.92 Å². The molecule has 0 amide bonds. The fourth-order valence-corrected chi connectivity index (χ4v) is 4.93. The van der Waals surface area contributed by atoms with Gasteiger partial charge in [-0.15, -0.1) is 0 Å². The molecular formula is C30H42O3. The molecule has 0 bridgehead atoms. The Morgan fingerprint density at radius 3 is 2.06 bits per heavy atom. The molecule has 3 heteroatoms. The molecule has 0 radical (unpaired) electrons. The third-order valence-electron chi connectivity index (χ3n) is 6.96. The van der Waals surface area contributed by atoms with E-state index in [4.69, 9.17) is 9.47 Å². The molecule has 0 spiro atoms. The number of hydrogen-bond donors (Lipinski definition) is 0. The van der Waals surface area contributed by atoms with Crippen LogP contribution >= 0.6 is 0 Å². The highest BCUT2D eigenvalue weighted by molar-refractivity contribution is 5.91. The number of benzene rings is 2. The van der Waals surface area contributed by atoms with E-state index in [0.717, 1.165) is 24.7 Å². The number of carbonyl (C=O) groups is 1. The van der Waals surface area contributed by atoms with Crippen LogP contribution in [0.5, 0.6) is 11.5 Å². The molecule has 0 aromatic heterocycles. The average molecular weight is 451 g/mol. The van der Waals surface area contributed by atoms with Crippen molar-refractivity contribution in [1.29, 1.82) is 0 Å². The molecule has 2 aromatic carbocycles. The van der Waals surface area contributed by atoms with Gasteiger partial charge in [0, 0.05) is 0 Å². The van der Waals surface area contributed by atoms with Gasteiger partial charge in [0.2, 0.25) is 0 Å². The lowest BCUT2D eigenvalue weighted by atomic mass is 9.77. The van der Waals surface area contributed by atoms with E-state index in [1.807, 2.05) is 24.3 Å². The summed E-state index contributed by atoms with van der Waals surface area (Å²) in [5.41, 5.74) is 1.95. The average Bonchev–Trinajstić information content (AvgIpc) is 2.85. The molecule has 2 aromatic rings. The van der Waals surface area contributed by atoms with E-state index >= 15 is 0 Å². The Labute approximate surface area is 200 Å². The van der Waals surface area contributed by atoms with Crippen LogP contribution in [0.3, 0.4) is 0 Å². The van der Waals surface area contributed by atoms with Crippen LogP contribution in [-0.2, 0) is 0 Å². The maximum atomic E-state index is 12.6. The second-order valence-electron chi connectivity index (χ2n) is 9.61. The van der Waals surface area contributed by atoms with E-state index in [0.29, 0.717) is 17.2 Å². The Morgan fingerprint density at radius 2 is 1.39 bits per heavy atom. The van der Waals surface area contributed by atoms with Crippen molar-refractivity contribution in [3.05, 3.63) is 59.7 Å². The van der Waals surface area contributed by atoms with E-state index in [-0.39, 0.29) is 5.97 Å². The number of rotatable bonds is 13. The minimum absolute atomic E-state index is 0.311. The highest BCUT2D eigenvalue weighted by atomic mass is 16.5. The summed E-state index contributed by atoms with van der Waals surface area (Å²) >= 11 is 0. The molecule has 0 heterocycles. The molecule has 0 saturated heterocycles. The van der Waals surface area contributed by atoms with Gasteiger partial charge >= 0.3 is 5.97 Å². The standard InChI is InChI=1S/C30H42O3/c1-3-5-6-7-8-9-23-32-28-19-21-29(22-20-28)33-30(31)27-17-15-26(16-18-27)25-13-11-24(10-4-2)12-14-25/h15-22,24-25H,3-14,23H2,1-2H3. The lowest BCUT2D eigenvalue weighted by Gasteiger charge is -2.28. The summed E-state index contributed by atoms with van der Waals surface area (Å²) in [6, 6.07) is 15.4. The predicted octanol–water partition coefficient (Wildman–Crippen LogP) is 8.72. The highest BCUT2D eigenvalue weighted by Crippen LogP contribution is 2.37. The second-order valence-corrected chi connectivity index (χ2v) is 9.61. The second kappa shape index (κ2) is 14.1. The minimum atomic E-state index is -0.311. The van der Waals surface area contributed by atoms with E-state index in [1.165, 1.54) is 76.2 Å². The lowest BCUT2D eigenvalue weighted by molar-refractivity contribution is 0.0734. The van der Waals surface area contributed by atoms with Crippen molar-refractivity contribution in [2.24, 2.45) is 5.92 Å². The summed E-state index contributed by atoms with van der Waals surface area (Å²) in [5.74, 6) is 2.60. The Morgan fingerprint density at radius 1 is 0.758 bits per heavy atom. The van der Waals surface area contributed by atoms with Crippen LogP contribution in [0.1, 0.15) is 113 Å². The summed E-state index contributed by atoms with van der Waals surface area (Å²) in [4.78, 5) is 12.6. The number of ether oxygens (including phenoxy) is 2. The molecule has 1 fully saturated rings. The summed E-state index contributed by atoms with van der Waals surface area (Å²) in [7, 11) is 0. The zero-order valence-corrected chi connectivity index (χ0v) is 20.7. The normalized spacial score (nSPS) is 18.1. The van der Waals surface area contributed by atoms with Gasteiger partial charge in [-0.2, -0.15) is 0 Å². The first kappa shape index (κ1) is 25.3. The molecular weight excluding hydrogens is 408 g/mol. The van der Waals surface area contributed by atoms with Crippen LogP contribution in [0.15, 0.2) is 48.5 Å². The van der Waals surface area contributed by atoms with Gasteiger partial charge in [0.15, 0.2) is 0 Å². The first-order valence-corrected chi connectivity index (χ1v) is 13.2. The van der Waals surface area contributed by atoms with Crippen LogP contribution in [-0.4, -0.2) is 12.6 Å². The van der Waals surface area contributed by atoms with Gasteiger partial charge in [-0.3, -0.25) is 0 Å². The summed E-state index contributed by atoms with van der Waals surface area (Å²) in [6.07, 6.45) is 15.4. The number of unbranched alkanes of at least 4 members (excludes halogenated alkanes) is 5. The van der Waals surface area contributed by atoms with E-state index in [9.17, 15) is 4.79 Å². The van der Waals surface area contributed by atoms with E-state index in [2.05, 4.69) is 26.0 Å². The smallest absolute Gasteiger partial charge is 0.343 e. The Hall–Kier alpha value is -2.29. The van der Waals surface area contributed by atoms with Crippen LogP contribution in [0.4, 0.5) is 0 Å². The molecule has 3 nitrogen and oxygen atoms in total. The topological polar surface area (TPSA) is 35.5 Å².